The first-order valence-corrected chi connectivity index (χ1v) is 46.0. The SMILES string of the molecule is CCCCCCCCCCCCCCCCCC(=O)O[C@H](COC(=O)CCCCCCCCCCCC)COP(=O)(O)OC[C@H](O)COP(=O)(O)OC[C@@H](COC(=O)CCCCCCCCCCCCCCC(C)C)OC(=O)CCCCCCCCCCCCCCCCCCCCC(C)CC. The number of phosphoric acid groups is 2. The van der Waals surface area contributed by atoms with E-state index in [1.54, 1.807) is 0 Å². The van der Waals surface area contributed by atoms with Gasteiger partial charge in [0, 0.05) is 25.7 Å². The molecule has 0 aliphatic rings. The Morgan fingerprint density at radius 2 is 0.500 bits per heavy atom. The first kappa shape index (κ1) is 100. The fourth-order valence-corrected chi connectivity index (χ4v) is 14.4. The number of carbonyl (C=O) groups is 4. The van der Waals surface area contributed by atoms with Crippen molar-refractivity contribution in [2.45, 2.75) is 458 Å². The van der Waals surface area contributed by atoms with Gasteiger partial charge in [0.05, 0.1) is 26.4 Å². The van der Waals surface area contributed by atoms with Gasteiger partial charge in [-0.05, 0) is 37.5 Å². The van der Waals surface area contributed by atoms with Gasteiger partial charge >= 0.3 is 39.5 Å². The smallest absolute Gasteiger partial charge is 0.462 e. The van der Waals surface area contributed by atoms with Gasteiger partial charge in [-0.1, -0.05) is 388 Å². The van der Waals surface area contributed by atoms with E-state index < -0.39 is 97.5 Å². The molecule has 0 aliphatic heterocycles. The number of esters is 4. The lowest BCUT2D eigenvalue weighted by molar-refractivity contribution is -0.161. The summed E-state index contributed by atoms with van der Waals surface area (Å²) in [5.74, 6) is -0.452. The number of ether oxygens (including phenoxy) is 4. The molecule has 0 fully saturated rings. The number of rotatable bonds is 82. The maximum absolute atomic E-state index is 13.1. The predicted molar refractivity (Wildman–Crippen MR) is 418 cm³/mol. The number of carbonyl (C=O) groups excluding carboxylic acids is 4. The second-order valence-corrected chi connectivity index (χ2v) is 33.5. The maximum Gasteiger partial charge on any atom is 0.472 e. The fourth-order valence-electron chi connectivity index (χ4n) is 12.9. The Bertz CT molecular complexity index is 1960. The van der Waals surface area contributed by atoms with Gasteiger partial charge in [-0.25, -0.2) is 9.13 Å². The van der Waals surface area contributed by atoms with E-state index in [9.17, 15) is 43.2 Å². The largest absolute Gasteiger partial charge is 0.472 e. The van der Waals surface area contributed by atoms with Crippen LogP contribution in [0.2, 0.25) is 0 Å². The van der Waals surface area contributed by atoms with Gasteiger partial charge in [0.1, 0.15) is 19.3 Å². The van der Waals surface area contributed by atoms with Crippen molar-refractivity contribution in [1.29, 1.82) is 0 Å². The molecule has 0 spiro atoms. The van der Waals surface area contributed by atoms with Crippen molar-refractivity contribution in [2.24, 2.45) is 11.8 Å². The highest BCUT2D eigenvalue weighted by Crippen LogP contribution is 2.45. The molecule has 17 nitrogen and oxygen atoms in total. The Morgan fingerprint density at radius 1 is 0.284 bits per heavy atom. The molecule has 0 heterocycles. The summed E-state index contributed by atoms with van der Waals surface area (Å²) in [4.78, 5) is 73.1. The zero-order valence-corrected chi connectivity index (χ0v) is 68.7. The number of hydrogen-bond acceptors (Lipinski definition) is 15. The third kappa shape index (κ3) is 74.9. The van der Waals surface area contributed by atoms with Crippen molar-refractivity contribution in [3.05, 3.63) is 0 Å². The van der Waals surface area contributed by atoms with Crippen molar-refractivity contribution >= 4 is 39.5 Å². The molecule has 6 atom stereocenters. The fraction of sp³-hybridized carbons (Fsp3) is 0.952. The first-order chi connectivity index (χ1) is 49.4. The first-order valence-electron chi connectivity index (χ1n) is 43.0. The summed E-state index contributed by atoms with van der Waals surface area (Å²) in [6, 6.07) is 0. The van der Waals surface area contributed by atoms with E-state index in [0.717, 1.165) is 102 Å². The van der Waals surface area contributed by atoms with Crippen LogP contribution in [-0.2, 0) is 65.4 Å². The quantitative estimate of drug-likeness (QED) is 0.0222. The summed E-state index contributed by atoms with van der Waals surface area (Å²) >= 11 is 0. The van der Waals surface area contributed by atoms with E-state index in [1.807, 2.05) is 0 Å². The predicted octanol–water partition coefficient (Wildman–Crippen LogP) is 25.1. The van der Waals surface area contributed by atoms with Gasteiger partial charge in [-0.15, -0.1) is 0 Å². The van der Waals surface area contributed by atoms with Crippen molar-refractivity contribution < 1.29 is 80.2 Å². The zero-order chi connectivity index (χ0) is 74.9. The Morgan fingerprint density at radius 3 is 0.745 bits per heavy atom. The van der Waals surface area contributed by atoms with Crippen LogP contribution in [-0.4, -0.2) is 96.7 Å². The Kier molecular flexibility index (Phi) is 73.1. The molecule has 0 aromatic rings. The Balaban J connectivity index is 5.21. The van der Waals surface area contributed by atoms with Gasteiger partial charge < -0.3 is 33.8 Å². The lowest BCUT2D eigenvalue weighted by atomic mass is 9.99. The molecule has 3 unspecified atom stereocenters. The van der Waals surface area contributed by atoms with Crippen molar-refractivity contribution in [3.63, 3.8) is 0 Å². The molecular formula is C83H162O17P2. The third-order valence-electron chi connectivity index (χ3n) is 19.8. The van der Waals surface area contributed by atoms with Gasteiger partial charge in [-0.3, -0.25) is 37.3 Å². The standard InChI is InChI=1S/C83H162O17P2/c1-7-10-12-14-16-18-20-21-26-30-37-43-49-55-61-67-82(87)99-78(71-93-80(85)65-59-53-47-41-19-17-15-13-11-8-2)73-97-101(89,90)95-69-77(84)70-96-102(91,92)98-74-79(72-94-81(86)66-60-54-48-42-36-33-32-34-39-45-51-57-63-75(4)5)100-83(88)68-62-56-50-44-38-31-28-25-23-22-24-27-29-35-40-46-52-58-64-76(6)9-3/h75-79,84H,7-74H2,1-6H3,(H,89,90)(H,91,92)/t76?,77-,78+,79+/m0/s1. The molecule has 0 aromatic heterocycles. The lowest BCUT2D eigenvalue weighted by Crippen LogP contribution is -2.30. The summed E-state index contributed by atoms with van der Waals surface area (Å²) in [6.45, 7) is 9.72. The topological polar surface area (TPSA) is 237 Å². The van der Waals surface area contributed by atoms with Crippen LogP contribution < -0.4 is 0 Å². The molecule has 0 aliphatic carbocycles. The van der Waals surface area contributed by atoms with Crippen LogP contribution in [0.15, 0.2) is 0 Å². The minimum atomic E-state index is -4.96. The number of phosphoric ester groups is 2. The lowest BCUT2D eigenvalue weighted by Gasteiger charge is -2.21. The third-order valence-corrected chi connectivity index (χ3v) is 21.7. The second kappa shape index (κ2) is 74.5. The van der Waals surface area contributed by atoms with Crippen LogP contribution in [0.1, 0.15) is 440 Å². The van der Waals surface area contributed by atoms with Crippen LogP contribution in [0, 0.1) is 11.8 Å². The van der Waals surface area contributed by atoms with Gasteiger partial charge in [-0.2, -0.15) is 0 Å². The summed E-state index contributed by atoms with van der Waals surface area (Å²) in [5, 5.41) is 10.7. The molecular weight excluding hydrogens is 1330 g/mol. The van der Waals surface area contributed by atoms with Crippen molar-refractivity contribution in [2.75, 3.05) is 39.6 Å². The highest BCUT2D eigenvalue weighted by atomic mass is 31.2. The highest BCUT2D eigenvalue weighted by Gasteiger charge is 2.30. The van der Waals surface area contributed by atoms with E-state index in [0.29, 0.717) is 25.7 Å². The molecule has 0 rings (SSSR count). The van der Waals surface area contributed by atoms with E-state index in [-0.39, 0.29) is 25.7 Å². The van der Waals surface area contributed by atoms with E-state index >= 15 is 0 Å². The number of hydrogen-bond donors (Lipinski definition) is 3. The maximum atomic E-state index is 13.1. The molecule has 0 radical (unpaired) electrons. The van der Waals surface area contributed by atoms with E-state index in [4.69, 9.17) is 37.0 Å². The molecule has 102 heavy (non-hydrogen) atoms. The monoisotopic (exact) mass is 1490 g/mol. The number of aliphatic hydroxyl groups excluding tert-OH is 1. The molecule has 0 saturated carbocycles. The normalized spacial score (nSPS) is 14.1. The van der Waals surface area contributed by atoms with Crippen LogP contribution in [0.25, 0.3) is 0 Å². The van der Waals surface area contributed by atoms with Crippen molar-refractivity contribution in [1.82, 2.24) is 0 Å². The number of unbranched alkanes of at least 4 members (excludes halogenated alkanes) is 51. The Labute approximate surface area is 626 Å². The van der Waals surface area contributed by atoms with Crippen LogP contribution in [0.5, 0.6) is 0 Å². The average molecular weight is 1490 g/mol. The number of aliphatic hydroxyl groups is 1. The molecule has 19 heteroatoms. The van der Waals surface area contributed by atoms with Crippen LogP contribution >= 0.6 is 15.6 Å². The molecule has 0 aromatic carbocycles. The zero-order valence-electron chi connectivity index (χ0n) is 66.9. The van der Waals surface area contributed by atoms with Gasteiger partial charge in [0.25, 0.3) is 0 Å². The van der Waals surface area contributed by atoms with Gasteiger partial charge in [0.2, 0.25) is 0 Å². The molecule has 0 saturated heterocycles. The summed E-state index contributed by atoms with van der Waals surface area (Å²) in [7, 11) is -9.92. The summed E-state index contributed by atoms with van der Waals surface area (Å²) < 4.78 is 68.8. The molecule has 0 bridgehead atoms. The van der Waals surface area contributed by atoms with E-state index in [1.165, 1.54) is 257 Å². The molecule has 3 N–H and O–H groups in total. The average Bonchev–Trinajstić information content (AvgIpc) is 0.908. The van der Waals surface area contributed by atoms with Gasteiger partial charge in [0.15, 0.2) is 12.2 Å². The Hall–Kier alpha value is -1.94. The van der Waals surface area contributed by atoms with Crippen LogP contribution in [0.4, 0.5) is 0 Å². The molecule has 0 amide bonds. The van der Waals surface area contributed by atoms with Crippen LogP contribution in [0.3, 0.4) is 0 Å². The summed E-state index contributed by atoms with van der Waals surface area (Å²) in [6.07, 6.45) is 65.1. The molecule has 606 valence electrons. The van der Waals surface area contributed by atoms with E-state index in [2.05, 4.69) is 41.5 Å². The minimum absolute atomic E-state index is 0.108. The van der Waals surface area contributed by atoms with Crippen molar-refractivity contribution in [3.8, 4) is 0 Å². The highest BCUT2D eigenvalue weighted by molar-refractivity contribution is 7.47. The summed E-state index contributed by atoms with van der Waals surface area (Å²) in [5.41, 5.74) is 0. The minimum Gasteiger partial charge on any atom is -0.462 e. The second-order valence-electron chi connectivity index (χ2n) is 30.6.